The Hall–Kier alpha value is -2.78. The minimum absolute atomic E-state index is 0.242. The maximum Gasteiger partial charge on any atom is 0.132 e. The minimum atomic E-state index is 0.242. The van der Waals surface area contributed by atoms with Crippen molar-refractivity contribution in [2.24, 2.45) is 11.8 Å². The van der Waals surface area contributed by atoms with E-state index in [-0.39, 0.29) is 5.57 Å². The summed E-state index contributed by atoms with van der Waals surface area (Å²) in [6, 6.07) is 12.5. The van der Waals surface area contributed by atoms with Crippen LogP contribution in [0.5, 0.6) is 0 Å². The van der Waals surface area contributed by atoms with Gasteiger partial charge in [-0.3, -0.25) is 0 Å². The number of rotatable bonds is 4. The van der Waals surface area contributed by atoms with E-state index in [4.69, 9.17) is 0 Å². The third-order valence-electron chi connectivity index (χ3n) is 4.73. The molecule has 0 aromatic heterocycles. The van der Waals surface area contributed by atoms with Crippen molar-refractivity contribution < 1.29 is 0 Å². The largest absolute Gasteiger partial charge is 0.378 e. The molecule has 0 amide bonds. The first-order valence-electron chi connectivity index (χ1n) is 8.64. The number of nitrogens with zero attached hydrogens (tertiary/aromatic N) is 3. The lowest BCUT2D eigenvalue weighted by Gasteiger charge is -2.26. The highest BCUT2D eigenvalue weighted by atomic mass is 15.1. The van der Waals surface area contributed by atoms with Crippen molar-refractivity contribution in [3.63, 3.8) is 0 Å². The molecule has 1 aromatic rings. The number of allylic oxidation sites excluding steroid dienone is 5. The van der Waals surface area contributed by atoms with E-state index < -0.39 is 0 Å². The van der Waals surface area contributed by atoms with Gasteiger partial charge in [0.15, 0.2) is 0 Å². The molecule has 0 saturated heterocycles. The lowest BCUT2D eigenvalue weighted by atomic mass is 9.78. The second kappa shape index (κ2) is 8.36. The molecule has 1 unspecified atom stereocenters. The monoisotopic (exact) mass is 331 g/mol. The first-order chi connectivity index (χ1) is 11.9. The Morgan fingerprint density at radius 2 is 1.72 bits per heavy atom. The average molecular weight is 331 g/mol. The minimum Gasteiger partial charge on any atom is -0.378 e. The van der Waals surface area contributed by atoms with Crippen molar-refractivity contribution in [2.75, 3.05) is 19.0 Å². The van der Waals surface area contributed by atoms with Crippen molar-refractivity contribution in [3.05, 3.63) is 58.7 Å². The summed E-state index contributed by atoms with van der Waals surface area (Å²) >= 11 is 0. The van der Waals surface area contributed by atoms with Crippen LogP contribution in [0.15, 0.2) is 53.1 Å². The van der Waals surface area contributed by atoms with Crippen molar-refractivity contribution in [1.29, 1.82) is 10.5 Å². The zero-order chi connectivity index (χ0) is 18.4. The van der Waals surface area contributed by atoms with Gasteiger partial charge in [0.05, 0.1) is 0 Å². The fourth-order valence-electron chi connectivity index (χ4n) is 3.02. The summed E-state index contributed by atoms with van der Waals surface area (Å²) in [5, 5.41) is 18.4. The molecule has 0 heterocycles. The van der Waals surface area contributed by atoms with Gasteiger partial charge in [-0.2, -0.15) is 10.5 Å². The highest BCUT2D eigenvalue weighted by Crippen LogP contribution is 2.35. The van der Waals surface area contributed by atoms with Crippen LogP contribution in [0.4, 0.5) is 5.69 Å². The predicted molar refractivity (Wildman–Crippen MR) is 104 cm³/mol. The lowest BCUT2D eigenvalue weighted by Crippen LogP contribution is -2.14. The molecule has 1 aromatic carbocycles. The molecule has 0 aliphatic heterocycles. The SMILES string of the molecule is CC(C)C1CC(C=Cc2ccc(N(C)C)cc2)=CC(=C(C#N)C#N)C1. The van der Waals surface area contributed by atoms with Crippen LogP contribution in [-0.4, -0.2) is 14.1 Å². The summed E-state index contributed by atoms with van der Waals surface area (Å²) in [5.41, 5.74) is 4.61. The number of hydrogen-bond acceptors (Lipinski definition) is 3. The van der Waals surface area contributed by atoms with Crippen molar-refractivity contribution in [3.8, 4) is 12.1 Å². The zero-order valence-corrected chi connectivity index (χ0v) is 15.5. The molecule has 1 aliphatic carbocycles. The third kappa shape index (κ3) is 4.85. The first-order valence-corrected chi connectivity index (χ1v) is 8.64. The molecule has 1 aliphatic rings. The van der Waals surface area contributed by atoms with Gasteiger partial charge in [-0.05, 0) is 53.5 Å². The van der Waals surface area contributed by atoms with Crippen LogP contribution in [0.1, 0.15) is 32.3 Å². The van der Waals surface area contributed by atoms with Crippen LogP contribution in [0.2, 0.25) is 0 Å². The van der Waals surface area contributed by atoms with Crippen LogP contribution in [0, 0.1) is 34.5 Å². The number of nitriles is 2. The molecule has 0 saturated carbocycles. The van der Waals surface area contributed by atoms with Gasteiger partial charge in [0.25, 0.3) is 0 Å². The molecular weight excluding hydrogens is 306 g/mol. The Bertz CT molecular complexity index is 762. The van der Waals surface area contributed by atoms with Gasteiger partial charge in [-0.25, -0.2) is 0 Å². The van der Waals surface area contributed by atoms with Gasteiger partial charge < -0.3 is 4.90 Å². The maximum absolute atomic E-state index is 9.19. The molecule has 3 heteroatoms. The second-order valence-electron chi connectivity index (χ2n) is 7.07. The molecule has 0 bridgehead atoms. The summed E-state index contributed by atoms with van der Waals surface area (Å²) in [6.45, 7) is 4.40. The van der Waals surface area contributed by atoms with Crippen molar-refractivity contribution in [1.82, 2.24) is 0 Å². The molecule has 0 spiro atoms. The highest BCUT2D eigenvalue weighted by Gasteiger charge is 2.22. The standard InChI is InChI=1S/C22H25N3/c1-16(2)19-11-18(12-20(13-19)21(14-23)15-24)6-5-17-7-9-22(10-8-17)25(3)4/h5-10,12,16,19H,11,13H2,1-4H3. The maximum atomic E-state index is 9.19. The smallest absolute Gasteiger partial charge is 0.132 e. The molecule has 2 rings (SSSR count). The summed E-state index contributed by atoms with van der Waals surface area (Å²) in [7, 11) is 4.05. The van der Waals surface area contributed by atoms with Gasteiger partial charge in [-0.1, -0.05) is 44.2 Å². The van der Waals surface area contributed by atoms with Crippen LogP contribution in [0.25, 0.3) is 6.08 Å². The van der Waals surface area contributed by atoms with E-state index in [1.165, 1.54) is 11.3 Å². The van der Waals surface area contributed by atoms with E-state index in [2.05, 4.69) is 55.2 Å². The third-order valence-corrected chi connectivity index (χ3v) is 4.73. The van der Waals surface area contributed by atoms with E-state index in [9.17, 15) is 10.5 Å². The van der Waals surface area contributed by atoms with E-state index in [0.717, 1.165) is 24.0 Å². The van der Waals surface area contributed by atoms with E-state index >= 15 is 0 Å². The van der Waals surface area contributed by atoms with E-state index in [1.807, 2.05) is 32.3 Å². The Balaban J connectivity index is 2.28. The van der Waals surface area contributed by atoms with Gasteiger partial charge in [0, 0.05) is 19.8 Å². The normalized spacial score (nSPS) is 17.2. The molecule has 1 atom stereocenters. The van der Waals surface area contributed by atoms with Crippen molar-refractivity contribution >= 4 is 11.8 Å². The molecule has 25 heavy (non-hydrogen) atoms. The van der Waals surface area contributed by atoms with Crippen molar-refractivity contribution in [2.45, 2.75) is 26.7 Å². The van der Waals surface area contributed by atoms with Crippen LogP contribution < -0.4 is 4.90 Å². The van der Waals surface area contributed by atoms with Crippen LogP contribution in [0.3, 0.4) is 0 Å². The van der Waals surface area contributed by atoms with Crippen LogP contribution in [-0.2, 0) is 0 Å². The molecule has 0 fully saturated rings. The molecule has 3 nitrogen and oxygen atoms in total. The zero-order valence-electron chi connectivity index (χ0n) is 15.5. The molecular formula is C22H25N3. The van der Waals surface area contributed by atoms with Gasteiger partial charge in [0.1, 0.15) is 17.7 Å². The number of anilines is 1. The Morgan fingerprint density at radius 3 is 2.24 bits per heavy atom. The van der Waals surface area contributed by atoms with Gasteiger partial charge in [0.2, 0.25) is 0 Å². The number of benzene rings is 1. The van der Waals surface area contributed by atoms with Gasteiger partial charge in [-0.15, -0.1) is 0 Å². The quantitative estimate of drug-likeness (QED) is 0.721. The molecule has 0 radical (unpaired) electrons. The topological polar surface area (TPSA) is 50.8 Å². The highest BCUT2D eigenvalue weighted by molar-refractivity contribution is 5.59. The average Bonchev–Trinajstić information content (AvgIpc) is 2.61. The Labute approximate surface area is 151 Å². The Morgan fingerprint density at radius 1 is 1.08 bits per heavy atom. The second-order valence-corrected chi connectivity index (χ2v) is 7.07. The van der Waals surface area contributed by atoms with Crippen LogP contribution >= 0.6 is 0 Å². The van der Waals surface area contributed by atoms with E-state index in [0.29, 0.717) is 11.8 Å². The fourth-order valence-corrected chi connectivity index (χ4v) is 3.02. The molecule has 0 N–H and O–H groups in total. The lowest BCUT2D eigenvalue weighted by molar-refractivity contribution is 0.375. The van der Waals surface area contributed by atoms with Gasteiger partial charge >= 0.3 is 0 Å². The summed E-state index contributed by atoms with van der Waals surface area (Å²) in [4.78, 5) is 2.08. The first kappa shape index (κ1) is 18.6. The Kier molecular flexibility index (Phi) is 6.20. The summed E-state index contributed by atoms with van der Waals surface area (Å²) in [5.74, 6) is 0.984. The molecule has 128 valence electrons. The summed E-state index contributed by atoms with van der Waals surface area (Å²) in [6.07, 6.45) is 8.03. The van der Waals surface area contributed by atoms with E-state index in [1.54, 1.807) is 0 Å². The predicted octanol–water partition coefficient (Wildman–Crippen LogP) is 5.10. The fraction of sp³-hybridized carbons (Fsp3) is 0.364. The number of hydrogen-bond donors (Lipinski definition) is 0. The summed E-state index contributed by atoms with van der Waals surface area (Å²) < 4.78 is 0.